The summed E-state index contributed by atoms with van der Waals surface area (Å²) in [4.78, 5) is 0. The molecule has 0 unspecified atom stereocenters. The Balaban J connectivity index is 2.34. The van der Waals surface area contributed by atoms with Crippen LogP contribution >= 0.6 is 22.6 Å². The summed E-state index contributed by atoms with van der Waals surface area (Å²) in [5.41, 5.74) is 7.73. The van der Waals surface area contributed by atoms with Crippen LogP contribution in [-0.2, 0) is 0 Å². The highest BCUT2D eigenvalue weighted by atomic mass is 127. The van der Waals surface area contributed by atoms with Crippen LogP contribution in [0.15, 0.2) is 36.4 Å². The molecular formula is C14H14FIN2O. The van der Waals surface area contributed by atoms with Crippen LogP contribution in [0.3, 0.4) is 0 Å². The lowest BCUT2D eigenvalue weighted by atomic mass is 10.2. The zero-order chi connectivity index (χ0) is 13.8. The Morgan fingerprint density at radius 2 is 2.00 bits per heavy atom. The number of ether oxygens (including phenoxy) is 1. The Kier molecular flexibility index (Phi) is 4.47. The fourth-order valence-corrected chi connectivity index (χ4v) is 2.17. The quantitative estimate of drug-likeness (QED) is 0.626. The number of halogens is 2. The van der Waals surface area contributed by atoms with Gasteiger partial charge in [0.25, 0.3) is 0 Å². The highest BCUT2D eigenvalue weighted by Crippen LogP contribution is 2.31. The van der Waals surface area contributed by atoms with E-state index in [9.17, 15) is 4.39 Å². The molecule has 2 aromatic carbocycles. The smallest absolute Gasteiger partial charge is 0.167 e. The van der Waals surface area contributed by atoms with Gasteiger partial charge in [0.1, 0.15) is 0 Å². The third-order valence-corrected chi connectivity index (χ3v) is 3.49. The van der Waals surface area contributed by atoms with Crippen molar-refractivity contribution in [1.82, 2.24) is 0 Å². The van der Waals surface area contributed by atoms with Crippen molar-refractivity contribution < 1.29 is 9.13 Å². The molecule has 0 aliphatic heterocycles. The van der Waals surface area contributed by atoms with E-state index in [4.69, 9.17) is 10.5 Å². The summed E-state index contributed by atoms with van der Waals surface area (Å²) in [7, 11) is 0. The van der Waals surface area contributed by atoms with Gasteiger partial charge in [-0.3, -0.25) is 0 Å². The van der Waals surface area contributed by atoms with E-state index in [-0.39, 0.29) is 5.75 Å². The Bertz CT molecular complexity index is 590. The second-order valence-electron chi connectivity index (χ2n) is 3.91. The minimum Gasteiger partial charge on any atom is -0.491 e. The lowest BCUT2D eigenvalue weighted by molar-refractivity contribution is 0.322. The first kappa shape index (κ1) is 13.9. The molecule has 0 heterocycles. The van der Waals surface area contributed by atoms with E-state index in [0.717, 1.165) is 9.26 Å². The van der Waals surface area contributed by atoms with Gasteiger partial charge in [-0.1, -0.05) is 12.1 Å². The van der Waals surface area contributed by atoms with Crippen LogP contribution in [0.5, 0.6) is 5.75 Å². The minimum absolute atomic E-state index is 0.199. The van der Waals surface area contributed by atoms with Crippen molar-refractivity contribution in [2.45, 2.75) is 6.92 Å². The van der Waals surface area contributed by atoms with Gasteiger partial charge in [-0.2, -0.15) is 0 Å². The monoisotopic (exact) mass is 372 g/mol. The van der Waals surface area contributed by atoms with Gasteiger partial charge in [-0.25, -0.2) is 4.39 Å². The van der Waals surface area contributed by atoms with Crippen LogP contribution in [-0.4, -0.2) is 6.61 Å². The molecule has 0 radical (unpaired) electrons. The number of hydrogen-bond donors (Lipinski definition) is 2. The zero-order valence-electron chi connectivity index (χ0n) is 10.4. The summed E-state index contributed by atoms with van der Waals surface area (Å²) in [6.07, 6.45) is 0. The van der Waals surface area contributed by atoms with Crippen molar-refractivity contribution in [3.8, 4) is 5.75 Å². The van der Waals surface area contributed by atoms with E-state index in [2.05, 4.69) is 27.9 Å². The zero-order valence-corrected chi connectivity index (χ0v) is 12.6. The number of nitrogen functional groups attached to an aromatic ring is 1. The Hall–Kier alpha value is -1.50. The molecule has 0 saturated heterocycles. The molecular weight excluding hydrogens is 358 g/mol. The third-order valence-electron chi connectivity index (χ3n) is 2.55. The molecule has 2 aromatic rings. The van der Waals surface area contributed by atoms with E-state index in [1.54, 1.807) is 6.07 Å². The molecule has 0 amide bonds. The third kappa shape index (κ3) is 3.28. The van der Waals surface area contributed by atoms with E-state index < -0.39 is 5.82 Å². The summed E-state index contributed by atoms with van der Waals surface area (Å²) in [5, 5.41) is 3.19. The summed E-state index contributed by atoms with van der Waals surface area (Å²) in [5.74, 6) is -0.252. The molecule has 3 nitrogen and oxygen atoms in total. The van der Waals surface area contributed by atoms with Gasteiger partial charge in [0.2, 0.25) is 0 Å². The molecule has 2 rings (SSSR count). The fraction of sp³-hybridized carbons (Fsp3) is 0.143. The predicted octanol–water partition coefficient (Wildman–Crippen LogP) is 4.15. The lowest BCUT2D eigenvalue weighted by Gasteiger charge is -2.13. The lowest BCUT2D eigenvalue weighted by Crippen LogP contribution is -2.01. The second kappa shape index (κ2) is 6.10. The Morgan fingerprint density at radius 3 is 2.68 bits per heavy atom. The molecule has 5 heteroatoms. The predicted molar refractivity (Wildman–Crippen MR) is 84.4 cm³/mol. The molecule has 0 aromatic heterocycles. The van der Waals surface area contributed by atoms with Crippen LogP contribution in [0.4, 0.5) is 21.5 Å². The van der Waals surface area contributed by atoms with Crippen LogP contribution < -0.4 is 15.8 Å². The van der Waals surface area contributed by atoms with Crippen molar-refractivity contribution in [3.05, 3.63) is 45.8 Å². The molecule has 0 fully saturated rings. The first-order chi connectivity index (χ1) is 9.11. The maximum atomic E-state index is 13.6. The van der Waals surface area contributed by atoms with Crippen molar-refractivity contribution in [1.29, 1.82) is 0 Å². The second-order valence-corrected chi connectivity index (χ2v) is 5.07. The van der Waals surface area contributed by atoms with Crippen molar-refractivity contribution in [3.63, 3.8) is 0 Å². The summed E-state index contributed by atoms with van der Waals surface area (Å²) in [6.45, 7) is 2.21. The Morgan fingerprint density at radius 1 is 1.26 bits per heavy atom. The van der Waals surface area contributed by atoms with Crippen molar-refractivity contribution >= 4 is 39.7 Å². The highest BCUT2D eigenvalue weighted by molar-refractivity contribution is 14.1. The largest absolute Gasteiger partial charge is 0.491 e. The standard InChI is InChI=1S/C14H14FIN2O/c1-2-19-14-8-13(11(17)7-9(14)15)18-12-6-4-3-5-10(12)16/h3-8,18H,2,17H2,1H3. The number of nitrogens with two attached hydrogens (primary N) is 1. The van der Waals surface area contributed by atoms with E-state index in [0.29, 0.717) is 18.0 Å². The van der Waals surface area contributed by atoms with Crippen LogP contribution in [0.2, 0.25) is 0 Å². The molecule has 0 spiro atoms. The molecule has 0 saturated carbocycles. The molecule has 0 aliphatic carbocycles. The number of anilines is 3. The van der Waals surface area contributed by atoms with Crippen LogP contribution in [0, 0.1) is 9.39 Å². The maximum absolute atomic E-state index is 13.6. The SMILES string of the molecule is CCOc1cc(Nc2ccccc2I)c(N)cc1F. The number of para-hydroxylation sites is 1. The van der Waals surface area contributed by atoms with Crippen LogP contribution in [0.25, 0.3) is 0 Å². The first-order valence-corrected chi connectivity index (χ1v) is 6.93. The number of benzene rings is 2. The van der Waals surface area contributed by atoms with Gasteiger partial charge in [0.05, 0.1) is 23.7 Å². The van der Waals surface area contributed by atoms with E-state index in [1.165, 1.54) is 6.07 Å². The maximum Gasteiger partial charge on any atom is 0.167 e. The van der Waals surface area contributed by atoms with Gasteiger partial charge >= 0.3 is 0 Å². The van der Waals surface area contributed by atoms with Gasteiger partial charge < -0.3 is 15.8 Å². The van der Waals surface area contributed by atoms with Crippen molar-refractivity contribution in [2.75, 3.05) is 17.7 Å². The van der Waals surface area contributed by atoms with Crippen LogP contribution in [0.1, 0.15) is 6.92 Å². The average Bonchev–Trinajstić information content (AvgIpc) is 2.38. The van der Waals surface area contributed by atoms with Crippen molar-refractivity contribution in [2.24, 2.45) is 0 Å². The summed E-state index contributed by atoms with van der Waals surface area (Å²) >= 11 is 2.22. The summed E-state index contributed by atoms with van der Waals surface area (Å²) in [6, 6.07) is 10.6. The normalized spacial score (nSPS) is 10.3. The molecule has 19 heavy (non-hydrogen) atoms. The number of nitrogens with one attached hydrogen (secondary N) is 1. The first-order valence-electron chi connectivity index (χ1n) is 5.85. The van der Waals surface area contributed by atoms with E-state index >= 15 is 0 Å². The average molecular weight is 372 g/mol. The van der Waals surface area contributed by atoms with Gasteiger partial charge in [0.15, 0.2) is 11.6 Å². The molecule has 0 atom stereocenters. The summed E-state index contributed by atoms with van der Waals surface area (Å²) < 4.78 is 19.9. The minimum atomic E-state index is -0.451. The molecule has 3 N–H and O–H groups in total. The van der Waals surface area contributed by atoms with E-state index in [1.807, 2.05) is 31.2 Å². The van der Waals surface area contributed by atoms with Gasteiger partial charge in [0, 0.05) is 15.7 Å². The Labute approximate surface area is 125 Å². The molecule has 0 aliphatic rings. The fourth-order valence-electron chi connectivity index (χ4n) is 1.65. The van der Waals surface area contributed by atoms with Gasteiger partial charge in [-0.05, 0) is 41.6 Å². The van der Waals surface area contributed by atoms with Gasteiger partial charge in [-0.15, -0.1) is 0 Å². The topological polar surface area (TPSA) is 47.3 Å². The molecule has 100 valence electrons. The number of rotatable bonds is 4. The molecule has 0 bridgehead atoms. The highest BCUT2D eigenvalue weighted by Gasteiger charge is 2.10. The number of hydrogen-bond acceptors (Lipinski definition) is 3.